The molecule has 0 aromatic heterocycles. The van der Waals surface area contributed by atoms with Gasteiger partial charge in [-0.2, -0.15) is 25.9 Å². The highest BCUT2D eigenvalue weighted by atomic mass is 32.2. The standard InChI is InChI=1S/C19H24F3NO6S/c1-13-12-14(8-11-27-13)18(24)29-30(25,26)23-9-6-17(7-10-23)28-16-4-2-15(3-5-16)19(20,21)22/h2-5,13-14,17H,6-12H2,1H3. The number of carbonyl (C=O) groups is 1. The van der Waals surface area contributed by atoms with Crippen molar-refractivity contribution in [1.29, 1.82) is 0 Å². The normalized spacial score (nSPS) is 24.4. The molecule has 11 heteroatoms. The summed E-state index contributed by atoms with van der Waals surface area (Å²) >= 11 is 0. The third kappa shape index (κ3) is 5.86. The first-order valence-electron chi connectivity index (χ1n) is 9.73. The van der Waals surface area contributed by atoms with E-state index in [2.05, 4.69) is 0 Å². The molecule has 0 N–H and O–H groups in total. The highest BCUT2D eigenvalue weighted by Crippen LogP contribution is 2.31. The van der Waals surface area contributed by atoms with Gasteiger partial charge in [-0.15, -0.1) is 0 Å². The van der Waals surface area contributed by atoms with E-state index in [1.54, 1.807) is 0 Å². The van der Waals surface area contributed by atoms with E-state index in [1.807, 2.05) is 6.92 Å². The summed E-state index contributed by atoms with van der Waals surface area (Å²) in [7, 11) is -4.21. The Labute approximate surface area is 173 Å². The molecule has 2 unspecified atom stereocenters. The Balaban J connectivity index is 1.50. The largest absolute Gasteiger partial charge is 0.490 e. The van der Waals surface area contributed by atoms with Crippen molar-refractivity contribution < 1.29 is 40.0 Å². The monoisotopic (exact) mass is 451 g/mol. The molecule has 2 fully saturated rings. The number of piperidine rings is 1. The minimum absolute atomic E-state index is 0.0884. The molecule has 0 saturated carbocycles. The summed E-state index contributed by atoms with van der Waals surface area (Å²) in [6, 6.07) is 4.35. The van der Waals surface area contributed by atoms with Crippen molar-refractivity contribution in [2.24, 2.45) is 5.92 Å². The molecule has 0 amide bonds. The molecule has 2 aliphatic rings. The average Bonchev–Trinajstić information content (AvgIpc) is 2.68. The van der Waals surface area contributed by atoms with Gasteiger partial charge < -0.3 is 13.7 Å². The Bertz CT molecular complexity index is 835. The number of hydrogen-bond donors (Lipinski definition) is 0. The van der Waals surface area contributed by atoms with Gasteiger partial charge in [0.2, 0.25) is 0 Å². The van der Waals surface area contributed by atoms with Crippen LogP contribution >= 0.6 is 0 Å². The molecular weight excluding hydrogens is 427 g/mol. The van der Waals surface area contributed by atoms with Crippen molar-refractivity contribution in [1.82, 2.24) is 4.31 Å². The lowest BCUT2D eigenvalue weighted by atomic mass is 9.97. The fourth-order valence-electron chi connectivity index (χ4n) is 3.53. The Morgan fingerprint density at radius 2 is 1.77 bits per heavy atom. The molecule has 2 saturated heterocycles. The maximum atomic E-state index is 12.6. The zero-order valence-electron chi connectivity index (χ0n) is 16.4. The number of alkyl halides is 3. The van der Waals surface area contributed by atoms with Gasteiger partial charge in [-0.3, -0.25) is 4.79 Å². The van der Waals surface area contributed by atoms with Crippen LogP contribution in [0.5, 0.6) is 5.75 Å². The number of benzene rings is 1. The van der Waals surface area contributed by atoms with Crippen LogP contribution in [0, 0.1) is 5.92 Å². The summed E-state index contributed by atoms with van der Waals surface area (Å²) < 4.78 is 79.6. The minimum atomic E-state index is -4.42. The predicted molar refractivity (Wildman–Crippen MR) is 99.8 cm³/mol. The third-order valence-corrected chi connectivity index (χ3v) is 6.58. The minimum Gasteiger partial charge on any atom is -0.490 e. The Kier molecular flexibility index (Phi) is 6.93. The van der Waals surface area contributed by atoms with E-state index in [0.717, 1.165) is 16.4 Å². The molecule has 0 spiro atoms. The lowest BCUT2D eigenvalue weighted by molar-refractivity contribution is -0.143. The smallest absolute Gasteiger partial charge is 0.416 e. The maximum absolute atomic E-state index is 12.6. The van der Waals surface area contributed by atoms with Crippen LogP contribution < -0.4 is 4.74 Å². The molecule has 2 heterocycles. The van der Waals surface area contributed by atoms with E-state index in [1.165, 1.54) is 12.1 Å². The average molecular weight is 451 g/mol. The molecule has 2 atom stereocenters. The molecule has 1 aromatic carbocycles. The summed E-state index contributed by atoms with van der Waals surface area (Å²) in [5, 5.41) is 0. The van der Waals surface area contributed by atoms with Crippen LogP contribution in [0.3, 0.4) is 0 Å². The summed E-state index contributed by atoms with van der Waals surface area (Å²) in [5.41, 5.74) is -0.767. The van der Waals surface area contributed by atoms with Crippen molar-refractivity contribution in [3.63, 3.8) is 0 Å². The molecule has 168 valence electrons. The van der Waals surface area contributed by atoms with Crippen LogP contribution in [0.2, 0.25) is 0 Å². The molecule has 7 nitrogen and oxygen atoms in total. The highest BCUT2D eigenvalue weighted by molar-refractivity contribution is 7.84. The van der Waals surface area contributed by atoms with E-state index in [9.17, 15) is 26.4 Å². The number of halogens is 3. The zero-order chi connectivity index (χ0) is 21.9. The van der Waals surface area contributed by atoms with Crippen LogP contribution in [0.15, 0.2) is 24.3 Å². The molecule has 0 radical (unpaired) electrons. The van der Waals surface area contributed by atoms with E-state index in [4.69, 9.17) is 13.7 Å². The molecule has 1 aromatic rings. The summed E-state index contributed by atoms with van der Waals surface area (Å²) in [6.07, 6.45) is -3.41. The second-order valence-electron chi connectivity index (χ2n) is 7.50. The predicted octanol–water partition coefficient (Wildman–Crippen LogP) is 3.15. The lowest BCUT2D eigenvalue weighted by Gasteiger charge is -2.31. The quantitative estimate of drug-likeness (QED) is 0.684. The van der Waals surface area contributed by atoms with Gasteiger partial charge in [0.25, 0.3) is 0 Å². The Morgan fingerprint density at radius 3 is 2.33 bits per heavy atom. The number of carbonyl (C=O) groups excluding carboxylic acids is 1. The first kappa shape index (κ1) is 22.8. The van der Waals surface area contributed by atoms with Crippen LogP contribution in [0.1, 0.15) is 38.2 Å². The molecule has 3 rings (SSSR count). The van der Waals surface area contributed by atoms with E-state index in [-0.39, 0.29) is 31.0 Å². The number of ether oxygens (including phenoxy) is 2. The van der Waals surface area contributed by atoms with Gasteiger partial charge in [-0.05, 0) is 56.9 Å². The Hall–Kier alpha value is -1.85. The van der Waals surface area contributed by atoms with Crippen LogP contribution in [-0.4, -0.2) is 50.6 Å². The van der Waals surface area contributed by atoms with E-state index < -0.39 is 33.9 Å². The van der Waals surface area contributed by atoms with E-state index in [0.29, 0.717) is 32.3 Å². The summed E-state index contributed by atoms with van der Waals surface area (Å²) in [4.78, 5) is 12.2. The third-order valence-electron chi connectivity index (χ3n) is 5.21. The molecule has 0 bridgehead atoms. The first-order chi connectivity index (χ1) is 14.0. The maximum Gasteiger partial charge on any atom is 0.416 e. The Morgan fingerprint density at radius 1 is 1.13 bits per heavy atom. The van der Waals surface area contributed by atoms with Crippen LogP contribution in [0.25, 0.3) is 0 Å². The number of rotatable bonds is 5. The van der Waals surface area contributed by atoms with Crippen LogP contribution in [0.4, 0.5) is 13.2 Å². The van der Waals surface area contributed by atoms with Gasteiger partial charge in [0, 0.05) is 19.7 Å². The topological polar surface area (TPSA) is 82.1 Å². The first-order valence-corrected chi connectivity index (χ1v) is 11.1. The van der Waals surface area contributed by atoms with Crippen molar-refractivity contribution in [2.75, 3.05) is 19.7 Å². The fraction of sp³-hybridized carbons (Fsp3) is 0.632. The number of nitrogens with zero attached hydrogens (tertiary/aromatic N) is 1. The van der Waals surface area contributed by atoms with Crippen molar-refractivity contribution >= 4 is 16.3 Å². The summed E-state index contributed by atoms with van der Waals surface area (Å²) in [6.45, 7) is 2.37. The second kappa shape index (κ2) is 9.11. The summed E-state index contributed by atoms with van der Waals surface area (Å²) in [5.74, 6) is -0.998. The lowest BCUT2D eigenvalue weighted by Crippen LogP contribution is -2.44. The van der Waals surface area contributed by atoms with E-state index >= 15 is 0 Å². The number of hydrogen-bond acceptors (Lipinski definition) is 6. The van der Waals surface area contributed by atoms with Gasteiger partial charge in [0.05, 0.1) is 17.6 Å². The van der Waals surface area contributed by atoms with Crippen LogP contribution in [-0.2, 0) is 30.2 Å². The van der Waals surface area contributed by atoms with Crippen molar-refractivity contribution in [3.8, 4) is 5.75 Å². The fourth-order valence-corrected chi connectivity index (χ4v) is 4.63. The highest BCUT2D eigenvalue weighted by Gasteiger charge is 2.35. The SMILES string of the molecule is CC1CC(C(=O)OS(=O)(=O)N2CCC(Oc3ccc(C(F)(F)F)cc3)CC2)CCO1. The van der Waals surface area contributed by atoms with Gasteiger partial charge in [-0.25, -0.2) is 0 Å². The molecule has 2 aliphatic heterocycles. The second-order valence-corrected chi connectivity index (χ2v) is 9.04. The molecule has 30 heavy (non-hydrogen) atoms. The zero-order valence-corrected chi connectivity index (χ0v) is 17.2. The van der Waals surface area contributed by atoms with Crippen molar-refractivity contribution in [2.45, 2.75) is 51.0 Å². The molecule has 0 aliphatic carbocycles. The van der Waals surface area contributed by atoms with Gasteiger partial charge in [0.15, 0.2) is 0 Å². The van der Waals surface area contributed by atoms with Gasteiger partial charge >= 0.3 is 22.4 Å². The van der Waals surface area contributed by atoms with Crippen molar-refractivity contribution in [3.05, 3.63) is 29.8 Å². The van der Waals surface area contributed by atoms with Gasteiger partial charge in [0.1, 0.15) is 11.9 Å². The molecular formula is C19H24F3NO6S. The van der Waals surface area contributed by atoms with Gasteiger partial charge in [-0.1, -0.05) is 0 Å².